The number of carboxylic acid groups (broad SMARTS) is 1. The summed E-state index contributed by atoms with van der Waals surface area (Å²) < 4.78 is 0. The molecule has 15 heavy (non-hydrogen) atoms. The number of rotatable bonds is 2. The number of nitrogens with one attached hydrogen (secondary N) is 1. The van der Waals surface area contributed by atoms with Crippen LogP contribution in [0.1, 0.15) is 22.3 Å². The van der Waals surface area contributed by atoms with Gasteiger partial charge < -0.3 is 10.4 Å². The molecule has 1 heterocycles. The van der Waals surface area contributed by atoms with Crippen molar-refractivity contribution >= 4 is 23.2 Å². The fraction of sp³-hybridized carbons (Fsp3) is 0.222. The number of hydrogen-bond acceptors (Lipinski definition) is 4. The third kappa shape index (κ3) is 3.40. The van der Waals surface area contributed by atoms with E-state index < -0.39 is 5.97 Å². The van der Waals surface area contributed by atoms with Crippen molar-refractivity contribution in [2.45, 2.75) is 6.92 Å². The second-order valence-electron chi connectivity index (χ2n) is 2.55. The van der Waals surface area contributed by atoms with Gasteiger partial charge in [-0.3, -0.25) is 4.79 Å². The van der Waals surface area contributed by atoms with Crippen LogP contribution in [0.5, 0.6) is 0 Å². The van der Waals surface area contributed by atoms with E-state index in [1.165, 1.54) is 12.4 Å². The summed E-state index contributed by atoms with van der Waals surface area (Å²) in [4.78, 5) is 25.2. The van der Waals surface area contributed by atoms with Gasteiger partial charge in [0.2, 0.25) is 5.91 Å². The van der Waals surface area contributed by atoms with Gasteiger partial charge in [0.1, 0.15) is 4.88 Å². The van der Waals surface area contributed by atoms with E-state index in [9.17, 15) is 9.59 Å². The zero-order valence-corrected chi connectivity index (χ0v) is 8.72. The Morgan fingerprint density at radius 3 is 3.00 bits per heavy atom. The molecule has 1 amide bonds. The molecule has 0 fully saturated rings. The Bertz CT molecular complexity index is 442. The number of aromatic carboxylic acids is 1. The van der Waals surface area contributed by atoms with Crippen LogP contribution in [0.2, 0.25) is 0 Å². The minimum atomic E-state index is -1.10. The Morgan fingerprint density at radius 2 is 2.40 bits per heavy atom. The second-order valence-corrected chi connectivity index (χ2v) is 3.40. The van der Waals surface area contributed by atoms with E-state index in [0.29, 0.717) is 4.88 Å². The minimum Gasteiger partial charge on any atom is -0.476 e. The Balaban J connectivity index is 2.67. The molecule has 1 rings (SSSR count). The molecule has 0 aromatic carbocycles. The summed E-state index contributed by atoms with van der Waals surface area (Å²) in [5.74, 6) is 4.01. The number of aromatic nitrogens is 1. The number of carboxylic acids is 1. The van der Waals surface area contributed by atoms with E-state index >= 15 is 0 Å². The molecule has 1 aromatic heterocycles. The van der Waals surface area contributed by atoms with Crippen LogP contribution in [0.3, 0.4) is 0 Å². The van der Waals surface area contributed by atoms with Crippen LogP contribution in [-0.2, 0) is 4.79 Å². The van der Waals surface area contributed by atoms with Crippen molar-refractivity contribution in [3.8, 4) is 11.8 Å². The molecule has 78 valence electrons. The average molecular weight is 224 g/mol. The number of carbonyl (C=O) groups excluding carboxylic acids is 1. The third-order valence-electron chi connectivity index (χ3n) is 1.40. The molecule has 0 unspecified atom stereocenters. The van der Waals surface area contributed by atoms with Gasteiger partial charge in [0.05, 0.1) is 12.1 Å². The lowest BCUT2D eigenvalue weighted by Crippen LogP contribution is -2.19. The van der Waals surface area contributed by atoms with E-state index in [2.05, 4.69) is 22.1 Å². The fourth-order valence-electron chi connectivity index (χ4n) is 0.780. The highest BCUT2D eigenvalue weighted by Crippen LogP contribution is 2.10. The largest absolute Gasteiger partial charge is 0.476 e. The number of carbonyl (C=O) groups is 2. The molecule has 0 bridgehead atoms. The third-order valence-corrected chi connectivity index (χ3v) is 2.14. The highest BCUT2D eigenvalue weighted by molar-refractivity contribution is 7.10. The first-order valence-corrected chi connectivity index (χ1v) is 4.89. The van der Waals surface area contributed by atoms with Crippen molar-refractivity contribution in [1.29, 1.82) is 0 Å². The van der Waals surface area contributed by atoms with Crippen molar-refractivity contribution < 1.29 is 14.7 Å². The van der Waals surface area contributed by atoms with Crippen molar-refractivity contribution in [1.82, 2.24) is 10.3 Å². The normalized spacial score (nSPS) is 8.87. The Morgan fingerprint density at radius 1 is 1.67 bits per heavy atom. The first-order valence-electron chi connectivity index (χ1n) is 4.01. The van der Waals surface area contributed by atoms with Gasteiger partial charge in [0.25, 0.3) is 0 Å². The van der Waals surface area contributed by atoms with Gasteiger partial charge in [-0.1, -0.05) is 11.8 Å². The lowest BCUT2D eigenvalue weighted by molar-refractivity contribution is -0.118. The number of nitrogens with zero attached hydrogens (tertiary/aromatic N) is 1. The summed E-state index contributed by atoms with van der Waals surface area (Å²) in [6, 6.07) is 0. The predicted octanol–water partition coefficient (Wildman–Crippen LogP) is 0.329. The number of hydrogen-bond donors (Lipinski definition) is 2. The van der Waals surface area contributed by atoms with Crippen molar-refractivity contribution in [3.05, 3.63) is 16.1 Å². The van der Waals surface area contributed by atoms with Gasteiger partial charge in [0, 0.05) is 6.92 Å². The van der Waals surface area contributed by atoms with Gasteiger partial charge in [-0.15, -0.1) is 11.3 Å². The molecule has 0 aliphatic carbocycles. The number of amides is 1. The Kier molecular flexibility index (Phi) is 3.83. The maximum Gasteiger partial charge on any atom is 0.356 e. The molecular weight excluding hydrogens is 216 g/mol. The van der Waals surface area contributed by atoms with Gasteiger partial charge in [-0.25, -0.2) is 9.78 Å². The van der Waals surface area contributed by atoms with Gasteiger partial charge in [-0.2, -0.15) is 0 Å². The van der Waals surface area contributed by atoms with Crippen LogP contribution < -0.4 is 5.32 Å². The summed E-state index contributed by atoms with van der Waals surface area (Å²) in [6.07, 6.45) is 0. The maximum atomic E-state index is 10.6. The average Bonchev–Trinajstić information content (AvgIpc) is 2.60. The van der Waals surface area contributed by atoms with Crippen LogP contribution in [0.25, 0.3) is 0 Å². The van der Waals surface area contributed by atoms with E-state index in [-0.39, 0.29) is 18.1 Å². The van der Waals surface area contributed by atoms with Gasteiger partial charge >= 0.3 is 5.97 Å². The van der Waals surface area contributed by atoms with E-state index in [0.717, 1.165) is 11.3 Å². The summed E-state index contributed by atoms with van der Waals surface area (Å²) in [7, 11) is 0. The van der Waals surface area contributed by atoms with Crippen LogP contribution in [0.15, 0.2) is 5.51 Å². The van der Waals surface area contributed by atoms with Gasteiger partial charge in [0.15, 0.2) is 5.69 Å². The van der Waals surface area contributed by atoms with Crippen molar-refractivity contribution in [2.75, 3.05) is 6.54 Å². The zero-order valence-electron chi connectivity index (χ0n) is 7.90. The summed E-state index contributed by atoms with van der Waals surface area (Å²) in [6.45, 7) is 1.59. The topological polar surface area (TPSA) is 79.3 Å². The standard InChI is InChI=1S/C9H8N2O3S/c1-6(12)10-4-2-3-7-8(9(13)14)11-5-15-7/h5H,4H2,1H3,(H,10,12)(H,13,14). The first-order chi connectivity index (χ1) is 7.11. The Labute approximate surface area is 90.1 Å². The van der Waals surface area contributed by atoms with E-state index in [1.54, 1.807) is 0 Å². The lowest BCUT2D eigenvalue weighted by atomic mass is 10.3. The van der Waals surface area contributed by atoms with Gasteiger partial charge in [-0.05, 0) is 0 Å². The highest BCUT2D eigenvalue weighted by Gasteiger charge is 2.10. The van der Waals surface area contributed by atoms with Crippen molar-refractivity contribution in [3.63, 3.8) is 0 Å². The molecule has 0 atom stereocenters. The van der Waals surface area contributed by atoms with E-state index in [1.807, 2.05) is 0 Å². The summed E-state index contributed by atoms with van der Waals surface area (Å²) in [5.41, 5.74) is 1.38. The maximum absolute atomic E-state index is 10.6. The SMILES string of the molecule is CC(=O)NCC#Cc1scnc1C(=O)O. The molecule has 0 aliphatic rings. The monoisotopic (exact) mass is 224 g/mol. The highest BCUT2D eigenvalue weighted by atomic mass is 32.1. The smallest absolute Gasteiger partial charge is 0.356 e. The molecule has 2 N–H and O–H groups in total. The van der Waals surface area contributed by atoms with E-state index in [4.69, 9.17) is 5.11 Å². The first kappa shape index (κ1) is 11.2. The second kappa shape index (κ2) is 5.12. The zero-order chi connectivity index (χ0) is 11.3. The summed E-state index contributed by atoms with van der Waals surface area (Å²) in [5, 5.41) is 11.2. The number of thiazole rings is 1. The van der Waals surface area contributed by atoms with Crippen LogP contribution >= 0.6 is 11.3 Å². The molecule has 0 saturated carbocycles. The van der Waals surface area contributed by atoms with Crippen molar-refractivity contribution in [2.24, 2.45) is 0 Å². The molecular formula is C9H8N2O3S. The molecule has 0 spiro atoms. The molecule has 6 heteroatoms. The molecule has 0 radical (unpaired) electrons. The van der Waals surface area contributed by atoms with Crippen LogP contribution in [0.4, 0.5) is 0 Å². The van der Waals surface area contributed by atoms with Crippen LogP contribution in [-0.4, -0.2) is 28.5 Å². The lowest BCUT2D eigenvalue weighted by Gasteiger charge is -1.91. The quantitative estimate of drug-likeness (QED) is 0.709. The van der Waals surface area contributed by atoms with Crippen LogP contribution in [0, 0.1) is 11.8 Å². The molecule has 0 saturated heterocycles. The predicted molar refractivity (Wildman–Crippen MR) is 54.6 cm³/mol. The molecule has 0 aliphatic heterocycles. The molecule has 1 aromatic rings. The minimum absolute atomic E-state index is 0.0460. The molecule has 5 nitrogen and oxygen atoms in total. The summed E-state index contributed by atoms with van der Waals surface area (Å²) >= 11 is 1.16. The fourth-order valence-corrected chi connectivity index (χ4v) is 1.43. The Hall–Kier alpha value is -1.87.